The second kappa shape index (κ2) is 19.3. The van der Waals surface area contributed by atoms with E-state index < -0.39 is 35.7 Å². The monoisotopic (exact) mass is 590 g/mol. The van der Waals surface area contributed by atoms with Crippen LogP contribution in [0, 0.1) is 11.8 Å². The van der Waals surface area contributed by atoms with E-state index in [9.17, 15) is 29.4 Å². The Morgan fingerprint density at radius 2 is 1.02 bits per heavy atom. The zero-order chi connectivity index (χ0) is 31.7. The van der Waals surface area contributed by atoms with E-state index in [-0.39, 0.29) is 59.8 Å². The number of ether oxygens (including phenoxy) is 4. The van der Waals surface area contributed by atoms with Crippen LogP contribution in [0.5, 0.6) is 11.5 Å². The fraction of sp³-hybridized carbons (Fsp3) is 0.562. The lowest BCUT2D eigenvalue weighted by molar-refractivity contribution is -0.141. The van der Waals surface area contributed by atoms with Crippen LogP contribution < -0.4 is 9.47 Å². The highest BCUT2D eigenvalue weighted by Gasteiger charge is 2.31. The fourth-order valence-electron chi connectivity index (χ4n) is 4.45. The Balaban J connectivity index is 3.96. The molecule has 0 heterocycles. The number of unbranched alkanes of at least 4 members (excludes halogenated alkanes) is 2. The van der Waals surface area contributed by atoms with E-state index in [1.54, 1.807) is 0 Å². The Bertz CT molecular complexity index is 1030. The summed E-state index contributed by atoms with van der Waals surface area (Å²) < 4.78 is 21.9. The summed E-state index contributed by atoms with van der Waals surface area (Å²) in [5.74, 6) is -5.40. The van der Waals surface area contributed by atoms with E-state index >= 15 is 0 Å². The summed E-state index contributed by atoms with van der Waals surface area (Å²) in [5.41, 5.74) is 0.887. The second-order valence-corrected chi connectivity index (χ2v) is 9.85. The number of carboxylic acids is 2. The van der Waals surface area contributed by atoms with Crippen molar-refractivity contribution >= 4 is 35.0 Å². The van der Waals surface area contributed by atoms with Crippen molar-refractivity contribution in [3.05, 3.63) is 35.4 Å². The summed E-state index contributed by atoms with van der Waals surface area (Å²) >= 11 is 0. The number of carbonyl (C=O) groups is 4. The Kier molecular flexibility index (Phi) is 16.7. The van der Waals surface area contributed by atoms with Crippen LogP contribution in [0.15, 0.2) is 24.3 Å². The molecule has 1 rings (SSSR count). The normalized spacial score (nSPS) is 13.2. The smallest absolute Gasteiger partial charge is 0.331 e. The first-order valence-electron chi connectivity index (χ1n) is 14.6. The van der Waals surface area contributed by atoms with Crippen LogP contribution in [-0.4, -0.2) is 61.5 Å². The molecule has 42 heavy (non-hydrogen) atoms. The van der Waals surface area contributed by atoms with Gasteiger partial charge in [-0.2, -0.15) is 0 Å². The molecule has 0 saturated heterocycles. The van der Waals surface area contributed by atoms with E-state index in [4.69, 9.17) is 18.9 Å². The van der Waals surface area contributed by atoms with Crippen LogP contribution in [0.2, 0.25) is 0 Å². The van der Waals surface area contributed by atoms with E-state index in [0.717, 1.165) is 12.8 Å². The molecule has 1 aromatic carbocycles. The molecule has 2 atom stereocenters. The fourth-order valence-corrected chi connectivity index (χ4v) is 4.45. The van der Waals surface area contributed by atoms with Gasteiger partial charge >= 0.3 is 23.9 Å². The standard InChI is InChI=1S/C32H46O10/c1-7-11-15-41-29(33)19-23(21(13-9-3)31(35)36)25-17-28(40-6)26(18-27(25)39-5)24(22(14-10-4)32(37)38)20-30(34)42-16-12-8-2/h17-22H,7-16H2,1-6H3,(H,35,36)(H,37,38). The molecule has 0 aliphatic carbocycles. The van der Waals surface area contributed by atoms with Crippen molar-refractivity contribution in [1.82, 2.24) is 0 Å². The van der Waals surface area contributed by atoms with Crippen LogP contribution in [0.25, 0.3) is 11.1 Å². The minimum atomic E-state index is -1.13. The highest BCUT2D eigenvalue weighted by atomic mass is 16.5. The van der Waals surface area contributed by atoms with Crippen LogP contribution in [0.1, 0.15) is 90.2 Å². The number of aliphatic carboxylic acids is 2. The lowest BCUT2D eigenvalue weighted by atomic mass is 9.84. The first kappa shape index (κ1) is 36.2. The average Bonchev–Trinajstić information content (AvgIpc) is 2.96. The summed E-state index contributed by atoms with van der Waals surface area (Å²) in [6.45, 7) is 7.98. The summed E-state index contributed by atoms with van der Waals surface area (Å²) in [5, 5.41) is 20.2. The number of carbonyl (C=O) groups excluding carboxylic acids is 2. The Morgan fingerprint density at radius 1 is 0.667 bits per heavy atom. The highest BCUT2D eigenvalue weighted by Crippen LogP contribution is 2.42. The van der Waals surface area contributed by atoms with Crippen molar-refractivity contribution in [2.45, 2.75) is 79.1 Å². The number of hydrogen-bond acceptors (Lipinski definition) is 8. The van der Waals surface area contributed by atoms with E-state index in [1.165, 1.54) is 38.5 Å². The third-order valence-electron chi connectivity index (χ3n) is 6.68. The molecule has 0 spiro atoms. The van der Waals surface area contributed by atoms with Crippen molar-refractivity contribution < 1.29 is 48.3 Å². The third-order valence-corrected chi connectivity index (χ3v) is 6.68. The zero-order valence-corrected chi connectivity index (χ0v) is 25.7. The molecule has 2 N–H and O–H groups in total. The molecule has 0 fully saturated rings. The van der Waals surface area contributed by atoms with Crippen molar-refractivity contribution in [2.75, 3.05) is 27.4 Å². The van der Waals surface area contributed by atoms with Gasteiger partial charge in [0.15, 0.2) is 0 Å². The summed E-state index contributed by atoms with van der Waals surface area (Å²) in [7, 11) is 2.76. The topological polar surface area (TPSA) is 146 Å². The maximum absolute atomic E-state index is 12.7. The number of carboxylic acid groups (broad SMARTS) is 2. The molecule has 0 amide bonds. The molecule has 10 heteroatoms. The number of rotatable bonds is 20. The quantitative estimate of drug-likeness (QED) is 0.103. The van der Waals surface area contributed by atoms with Crippen LogP contribution in [-0.2, 0) is 28.7 Å². The van der Waals surface area contributed by atoms with Crippen LogP contribution >= 0.6 is 0 Å². The van der Waals surface area contributed by atoms with E-state index in [1.807, 2.05) is 27.7 Å². The predicted molar refractivity (Wildman–Crippen MR) is 159 cm³/mol. The molecule has 0 saturated carbocycles. The Hall–Kier alpha value is -3.82. The van der Waals surface area contributed by atoms with Crippen molar-refractivity contribution in [3.63, 3.8) is 0 Å². The van der Waals surface area contributed by atoms with Gasteiger partial charge < -0.3 is 29.2 Å². The molecule has 0 bridgehead atoms. The van der Waals surface area contributed by atoms with Crippen molar-refractivity contribution in [3.8, 4) is 11.5 Å². The lowest BCUT2D eigenvalue weighted by Gasteiger charge is -2.23. The first-order valence-corrected chi connectivity index (χ1v) is 14.6. The van der Waals surface area contributed by atoms with Gasteiger partial charge in [0, 0.05) is 23.3 Å². The molecular formula is C32H46O10. The number of hydrogen-bond donors (Lipinski definition) is 2. The second-order valence-electron chi connectivity index (χ2n) is 9.85. The third kappa shape index (κ3) is 10.9. The maximum Gasteiger partial charge on any atom is 0.331 e. The van der Waals surface area contributed by atoms with E-state index in [2.05, 4.69) is 0 Å². The summed E-state index contributed by atoms with van der Waals surface area (Å²) in [6.07, 6.45) is 6.84. The number of benzene rings is 1. The molecule has 1 aromatic rings. The van der Waals surface area contributed by atoms with Gasteiger partial charge in [-0.1, -0.05) is 53.4 Å². The van der Waals surface area contributed by atoms with Gasteiger partial charge in [0.25, 0.3) is 0 Å². The van der Waals surface area contributed by atoms with Gasteiger partial charge in [0.2, 0.25) is 0 Å². The summed E-state index contributed by atoms with van der Waals surface area (Å²) in [6, 6.07) is 3.01. The molecular weight excluding hydrogens is 544 g/mol. The SMILES string of the molecule is CCCCOC(=O)C=C(c1cc(OC)c(C(=CC(=O)OCCCC)C(CCC)C(=O)O)cc1OC)C(CCC)C(=O)O. The molecule has 0 radical (unpaired) electrons. The summed E-state index contributed by atoms with van der Waals surface area (Å²) in [4.78, 5) is 50.2. The first-order chi connectivity index (χ1) is 20.1. The zero-order valence-electron chi connectivity index (χ0n) is 25.7. The average molecular weight is 591 g/mol. The van der Waals surface area contributed by atoms with Gasteiger partial charge in [0.05, 0.1) is 39.3 Å². The molecule has 0 aromatic heterocycles. The molecule has 0 aliphatic heterocycles. The van der Waals surface area contributed by atoms with Crippen LogP contribution in [0.3, 0.4) is 0 Å². The molecule has 0 aliphatic rings. The lowest BCUT2D eigenvalue weighted by Crippen LogP contribution is -2.19. The maximum atomic E-state index is 12.7. The van der Waals surface area contributed by atoms with Crippen molar-refractivity contribution in [1.29, 1.82) is 0 Å². The van der Waals surface area contributed by atoms with Gasteiger partial charge in [-0.3, -0.25) is 9.59 Å². The van der Waals surface area contributed by atoms with Gasteiger partial charge in [-0.15, -0.1) is 0 Å². The molecule has 2 unspecified atom stereocenters. The largest absolute Gasteiger partial charge is 0.496 e. The Labute approximate surface area is 248 Å². The van der Waals surface area contributed by atoms with E-state index in [0.29, 0.717) is 25.7 Å². The number of esters is 2. The Morgan fingerprint density at radius 3 is 1.29 bits per heavy atom. The highest BCUT2D eigenvalue weighted by molar-refractivity contribution is 6.01. The van der Waals surface area contributed by atoms with Gasteiger partial charge in [-0.25, -0.2) is 9.59 Å². The van der Waals surface area contributed by atoms with Crippen molar-refractivity contribution in [2.24, 2.45) is 11.8 Å². The minimum absolute atomic E-state index is 0.167. The minimum Gasteiger partial charge on any atom is -0.496 e. The molecule has 10 nitrogen and oxygen atoms in total. The van der Waals surface area contributed by atoms with Gasteiger partial charge in [-0.05, 0) is 49.0 Å². The molecule has 234 valence electrons. The van der Waals surface area contributed by atoms with Gasteiger partial charge in [0.1, 0.15) is 11.5 Å². The van der Waals surface area contributed by atoms with Crippen LogP contribution in [0.4, 0.5) is 0 Å². The predicted octanol–water partition coefficient (Wildman–Crippen LogP) is 6.16. The number of methoxy groups -OCH3 is 2.